The zero-order valence-corrected chi connectivity index (χ0v) is 15.4. The molecule has 2 aromatic rings. The van der Waals surface area contributed by atoms with E-state index in [1.807, 2.05) is 0 Å². The topological polar surface area (TPSA) is 94.3 Å². The van der Waals surface area contributed by atoms with Crippen LogP contribution in [-0.2, 0) is 16.4 Å². The predicted molar refractivity (Wildman–Crippen MR) is 89.0 cm³/mol. The second-order valence-corrected chi connectivity index (χ2v) is 7.96. The number of nitrogens with one attached hydrogen (secondary N) is 1. The Hall–Kier alpha value is -1.61. The number of halogens is 1. The van der Waals surface area contributed by atoms with Gasteiger partial charge in [0.25, 0.3) is 10.0 Å². The monoisotopic (exact) mass is 403 g/mol. The van der Waals surface area contributed by atoms with Crippen LogP contribution in [0.1, 0.15) is 26.2 Å². The summed E-state index contributed by atoms with van der Waals surface area (Å²) >= 11 is 3.25. The second-order valence-electron chi connectivity index (χ2n) is 5.37. The van der Waals surface area contributed by atoms with Crippen molar-refractivity contribution in [2.24, 2.45) is 5.92 Å². The van der Waals surface area contributed by atoms with Crippen LogP contribution in [0.5, 0.6) is 5.75 Å². The summed E-state index contributed by atoms with van der Waals surface area (Å²) in [4.78, 5) is 0.0330. The third-order valence-electron chi connectivity index (χ3n) is 3.01. The molecule has 0 saturated heterocycles. The molecule has 1 N–H and O–H groups in total. The average Bonchev–Trinajstić information content (AvgIpc) is 2.91. The molecule has 1 heterocycles. The van der Waals surface area contributed by atoms with Crippen molar-refractivity contribution in [1.29, 1.82) is 0 Å². The minimum absolute atomic E-state index is 0.0330. The van der Waals surface area contributed by atoms with Crippen LogP contribution in [0.2, 0.25) is 0 Å². The molecule has 0 aliphatic heterocycles. The molecule has 0 aliphatic carbocycles. The number of nitrogens with zero attached hydrogens (tertiary/aromatic N) is 2. The molecule has 7 nitrogen and oxygen atoms in total. The maximum Gasteiger partial charge on any atom is 0.329 e. The van der Waals surface area contributed by atoms with Crippen molar-refractivity contribution in [1.82, 2.24) is 10.2 Å². The quantitative estimate of drug-likeness (QED) is 0.762. The number of sulfonamides is 1. The molecule has 0 amide bonds. The van der Waals surface area contributed by atoms with Crippen molar-refractivity contribution >= 4 is 32.0 Å². The number of benzene rings is 1. The Labute approximate surface area is 143 Å². The van der Waals surface area contributed by atoms with E-state index in [4.69, 9.17) is 9.15 Å². The highest BCUT2D eigenvalue weighted by Gasteiger charge is 2.19. The lowest BCUT2D eigenvalue weighted by atomic mass is 10.1. The van der Waals surface area contributed by atoms with E-state index in [2.05, 4.69) is 44.7 Å². The van der Waals surface area contributed by atoms with Gasteiger partial charge in [0, 0.05) is 17.0 Å². The van der Waals surface area contributed by atoms with Crippen LogP contribution in [0.3, 0.4) is 0 Å². The molecule has 1 aromatic carbocycles. The first-order chi connectivity index (χ1) is 10.8. The summed E-state index contributed by atoms with van der Waals surface area (Å²) in [7, 11) is -2.38. The van der Waals surface area contributed by atoms with Crippen molar-refractivity contribution in [3.63, 3.8) is 0 Å². The minimum Gasteiger partial charge on any atom is -0.497 e. The van der Waals surface area contributed by atoms with Crippen LogP contribution in [0.15, 0.2) is 32.0 Å². The van der Waals surface area contributed by atoms with E-state index in [0.29, 0.717) is 28.5 Å². The SMILES string of the molecule is COc1cc(Br)cc(S(=O)(=O)Nc2nnc(CCC(C)C)o2)c1. The molecule has 0 unspecified atom stereocenters. The molecule has 0 bridgehead atoms. The number of anilines is 1. The Bertz CT molecular complexity index is 774. The van der Waals surface area contributed by atoms with Crippen molar-refractivity contribution in [3.8, 4) is 5.75 Å². The molecule has 0 saturated carbocycles. The molecule has 0 aliphatic rings. The molecule has 2 rings (SSSR count). The number of hydrogen-bond donors (Lipinski definition) is 1. The van der Waals surface area contributed by atoms with Gasteiger partial charge in [-0.2, -0.15) is 0 Å². The number of rotatable bonds is 7. The average molecular weight is 404 g/mol. The van der Waals surface area contributed by atoms with Crippen LogP contribution in [0.4, 0.5) is 6.01 Å². The third kappa shape index (κ3) is 4.93. The van der Waals surface area contributed by atoms with Gasteiger partial charge in [-0.15, -0.1) is 5.10 Å². The molecule has 0 spiro atoms. The molecular formula is C14H18BrN3O4S. The Morgan fingerprint density at radius 1 is 1.30 bits per heavy atom. The van der Waals surface area contributed by atoms with Crippen LogP contribution < -0.4 is 9.46 Å². The number of hydrogen-bond acceptors (Lipinski definition) is 6. The van der Waals surface area contributed by atoms with E-state index in [1.165, 1.54) is 19.2 Å². The van der Waals surface area contributed by atoms with Gasteiger partial charge in [0.15, 0.2) is 0 Å². The highest BCUT2D eigenvalue weighted by molar-refractivity contribution is 9.10. The first kappa shape index (κ1) is 17.7. The van der Waals surface area contributed by atoms with E-state index >= 15 is 0 Å². The van der Waals surface area contributed by atoms with Gasteiger partial charge in [0.1, 0.15) is 5.75 Å². The summed E-state index contributed by atoms with van der Waals surface area (Å²) in [5.41, 5.74) is 0. The molecule has 23 heavy (non-hydrogen) atoms. The summed E-state index contributed by atoms with van der Waals surface area (Å²) in [5, 5.41) is 7.56. The fraction of sp³-hybridized carbons (Fsp3) is 0.429. The zero-order chi connectivity index (χ0) is 17.0. The van der Waals surface area contributed by atoms with Crippen LogP contribution in [0.25, 0.3) is 0 Å². The highest BCUT2D eigenvalue weighted by atomic mass is 79.9. The lowest BCUT2D eigenvalue weighted by molar-refractivity contribution is 0.413. The first-order valence-corrected chi connectivity index (χ1v) is 9.27. The summed E-state index contributed by atoms with van der Waals surface area (Å²) in [6.07, 6.45) is 1.49. The summed E-state index contributed by atoms with van der Waals surface area (Å²) < 4.78 is 38.0. The van der Waals surface area contributed by atoms with E-state index in [-0.39, 0.29) is 10.9 Å². The maximum absolute atomic E-state index is 12.4. The van der Waals surface area contributed by atoms with Crippen LogP contribution in [0, 0.1) is 5.92 Å². The van der Waals surface area contributed by atoms with Crippen molar-refractivity contribution < 1.29 is 17.6 Å². The van der Waals surface area contributed by atoms with E-state index in [1.54, 1.807) is 6.07 Å². The van der Waals surface area contributed by atoms with E-state index in [9.17, 15) is 8.42 Å². The fourth-order valence-corrected chi connectivity index (χ4v) is 3.40. The third-order valence-corrected chi connectivity index (χ3v) is 4.77. The standard InChI is InChI=1S/C14H18BrN3O4S/c1-9(2)4-5-13-16-17-14(22-13)18-23(19,20)12-7-10(15)6-11(8-12)21-3/h6-9H,4-5H2,1-3H3,(H,17,18). The molecular weight excluding hydrogens is 386 g/mol. The van der Waals surface area contributed by atoms with Gasteiger partial charge in [0.05, 0.1) is 12.0 Å². The van der Waals surface area contributed by atoms with Crippen LogP contribution >= 0.6 is 15.9 Å². The number of methoxy groups -OCH3 is 1. The van der Waals surface area contributed by atoms with Crippen molar-refractivity contribution in [2.45, 2.75) is 31.6 Å². The number of ether oxygens (including phenoxy) is 1. The van der Waals surface area contributed by atoms with Crippen molar-refractivity contribution in [3.05, 3.63) is 28.6 Å². The van der Waals surface area contributed by atoms with Gasteiger partial charge in [-0.05, 0) is 24.5 Å². The fourth-order valence-electron chi connectivity index (χ4n) is 1.79. The van der Waals surface area contributed by atoms with Crippen LogP contribution in [-0.4, -0.2) is 25.7 Å². The summed E-state index contributed by atoms with van der Waals surface area (Å²) in [6.45, 7) is 4.17. The zero-order valence-electron chi connectivity index (χ0n) is 13.0. The lowest BCUT2D eigenvalue weighted by Crippen LogP contribution is -2.13. The Kier molecular flexibility index (Phi) is 5.64. The minimum atomic E-state index is -3.84. The van der Waals surface area contributed by atoms with E-state index in [0.717, 1.165) is 6.42 Å². The van der Waals surface area contributed by atoms with Gasteiger partial charge in [-0.3, -0.25) is 0 Å². The Morgan fingerprint density at radius 3 is 2.70 bits per heavy atom. The second kappa shape index (κ2) is 7.31. The first-order valence-electron chi connectivity index (χ1n) is 7.00. The maximum atomic E-state index is 12.4. The molecule has 0 fully saturated rings. The Balaban J connectivity index is 2.17. The van der Waals surface area contributed by atoms with Gasteiger partial charge >= 0.3 is 6.01 Å². The Morgan fingerprint density at radius 2 is 2.04 bits per heavy atom. The van der Waals surface area contributed by atoms with Crippen molar-refractivity contribution in [2.75, 3.05) is 11.8 Å². The predicted octanol–water partition coefficient (Wildman–Crippen LogP) is 3.23. The lowest BCUT2D eigenvalue weighted by Gasteiger charge is -2.07. The van der Waals surface area contributed by atoms with Gasteiger partial charge in [-0.25, -0.2) is 13.1 Å². The van der Waals surface area contributed by atoms with Gasteiger partial charge < -0.3 is 9.15 Å². The number of aryl methyl sites for hydroxylation is 1. The highest BCUT2D eigenvalue weighted by Crippen LogP contribution is 2.25. The molecule has 1 aromatic heterocycles. The normalized spacial score (nSPS) is 11.7. The van der Waals surface area contributed by atoms with E-state index < -0.39 is 10.0 Å². The summed E-state index contributed by atoms with van der Waals surface area (Å²) in [5.74, 6) is 1.32. The number of aromatic nitrogens is 2. The summed E-state index contributed by atoms with van der Waals surface area (Å²) in [6, 6.07) is 4.38. The molecule has 126 valence electrons. The van der Waals surface area contributed by atoms with Gasteiger partial charge in [-0.1, -0.05) is 34.9 Å². The molecule has 9 heteroatoms. The largest absolute Gasteiger partial charge is 0.497 e. The molecule has 0 radical (unpaired) electrons. The van der Waals surface area contributed by atoms with Gasteiger partial charge in [0.2, 0.25) is 5.89 Å². The molecule has 0 atom stereocenters. The smallest absolute Gasteiger partial charge is 0.329 e.